The molecule has 1 N–H and O–H groups in total. The van der Waals surface area contributed by atoms with Gasteiger partial charge in [0.1, 0.15) is 5.82 Å². The average Bonchev–Trinajstić information content (AvgIpc) is 2.45. The predicted molar refractivity (Wildman–Crippen MR) is 82.7 cm³/mol. The second-order valence-corrected chi connectivity index (χ2v) is 5.66. The van der Waals surface area contributed by atoms with E-state index in [4.69, 9.17) is 0 Å². The minimum Gasteiger partial charge on any atom is -0.305 e. The number of nitrogens with zero attached hydrogens (tertiary/aromatic N) is 1. The first-order valence-corrected chi connectivity index (χ1v) is 7.73. The highest BCUT2D eigenvalue weighted by Gasteiger charge is 2.21. The van der Waals surface area contributed by atoms with Gasteiger partial charge in [0.25, 0.3) is 0 Å². The third-order valence-electron chi connectivity index (χ3n) is 4.31. The number of aromatic nitrogens is 1. The lowest BCUT2D eigenvalue weighted by molar-refractivity contribution is 0.419. The first-order chi connectivity index (χ1) is 10.3. The number of rotatable bonds is 5. The van der Waals surface area contributed by atoms with Crippen molar-refractivity contribution in [3.05, 3.63) is 65.2 Å². The third-order valence-corrected chi connectivity index (χ3v) is 4.31. The van der Waals surface area contributed by atoms with Crippen LogP contribution in [0.25, 0.3) is 0 Å². The van der Waals surface area contributed by atoms with E-state index in [0.29, 0.717) is 5.69 Å². The first kappa shape index (κ1) is 14.2. The largest absolute Gasteiger partial charge is 0.305 e. The molecule has 1 fully saturated rings. The van der Waals surface area contributed by atoms with Crippen molar-refractivity contribution in [2.75, 3.05) is 6.54 Å². The molecule has 1 saturated carbocycles. The summed E-state index contributed by atoms with van der Waals surface area (Å²) >= 11 is 0. The molecule has 0 saturated heterocycles. The van der Waals surface area contributed by atoms with Crippen LogP contribution in [0.2, 0.25) is 0 Å². The van der Waals surface area contributed by atoms with E-state index in [0.717, 1.165) is 18.0 Å². The Morgan fingerprint density at radius 3 is 2.57 bits per heavy atom. The molecule has 3 heteroatoms. The Hall–Kier alpha value is -1.74. The van der Waals surface area contributed by atoms with Gasteiger partial charge in [-0.1, -0.05) is 37.6 Å². The number of pyridine rings is 1. The quantitative estimate of drug-likeness (QED) is 0.890. The summed E-state index contributed by atoms with van der Waals surface area (Å²) in [5.74, 6) is 0.467. The highest BCUT2D eigenvalue weighted by molar-refractivity contribution is 5.33. The van der Waals surface area contributed by atoms with Crippen LogP contribution in [-0.4, -0.2) is 11.5 Å². The smallest absolute Gasteiger partial charge is 0.146 e. The molecule has 1 atom stereocenters. The van der Waals surface area contributed by atoms with Gasteiger partial charge >= 0.3 is 0 Å². The molecule has 0 radical (unpaired) electrons. The molecule has 1 aliphatic carbocycles. The van der Waals surface area contributed by atoms with Crippen molar-refractivity contribution in [1.82, 2.24) is 10.3 Å². The number of halogens is 1. The second kappa shape index (κ2) is 6.35. The van der Waals surface area contributed by atoms with E-state index in [1.165, 1.54) is 30.9 Å². The SMILES string of the molecule is CCNC(c1ccc(C2CCC2)cc1)c1ncccc1F. The molecule has 0 amide bonds. The van der Waals surface area contributed by atoms with E-state index in [-0.39, 0.29) is 11.9 Å². The van der Waals surface area contributed by atoms with Crippen molar-refractivity contribution in [3.8, 4) is 0 Å². The average molecular weight is 284 g/mol. The van der Waals surface area contributed by atoms with Crippen molar-refractivity contribution < 1.29 is 4.39 Å². The maximum atomic E-state index is 14.0. The highest BCUT2D eigenvalue weighted by atomic mass is 19.1. The molecule has 1 aromatic heterocycles. The van der Waals surface area contributed by atoms with E-state index in [1.54, 1.807) is 12.3 Å². The van der Waals surface area contributed by atoms with Gasteiger partial charge in [0.05, 0.1) is 11.7 Å². The molecule has 2 nitrogen and oxygen atoms in total. The zero-order valence-corrected chi connectivity index (χ0v) is 12.3. The maximum Gasteiger partial charge on any atom is 0.146 e. The van der Waals surface area contributed by atoms with Crippen LogP contribution in [0.15, 0.2) is 42.6 Å². The van der Waals surface area contributed by atoms with Crippen LogP contribution in [0, 0.1) is 5.82 Å². The summed E-state index contributed by atoms with van der Waals surface area (Å²) in [5.41, 5.74) is 2.94. The van der Waals surface area contributed by atoms with Gasteiger partial charge in [-0.15, -0.1) is 0 Å². The molecular formula is C18H21FN2. The van der Waals surface area contributed by atoms with Gasteiger partial charge in [0.2, 0.25) is 0 Å². The molecule has 21 heavy (non-hydrogen) atoms. The standard InChI is InChI=1S/C18H21FN2/c1-2-20-17(18-16(19)7-4-12-21-18)15-10-8-14(9-11-15)13-5-3-6-13/h4,7-13,17,20H,2-3,5-6H2,1H3. The van der Waals surface area contributed by atoms with Crippen molar-refractivity contribution in [2.24, 2.45) is 0 Å². The van der Waals surface area contributed by atoms with Crippen molar-refractivity contribution in [1.29, 1.82) is 0 Å². The lowest BCUT2D eigenvalue weighted by Crippen LogP contribution is -2.24. The van der Waals surface area contributed by atoms with Gasteiger partial charge in [-0.25, -0.2) is 4.39 Å². The Morgan fingerprint density at radius 2 is 2.00 bits per heavy atom. The lowest BCUT2D eigenvalue weighted by atomic mass is 9.80. The Labute approximate surface area is 125 Å². The summed E-state index contributed by atoms with van der Waals surface area (Å²) in [4.78, 5) is 4.22. The molecular weight excluding hydrogens is 263 g/mol. The molecule has 0 aliphatic heterocycles. The van der Waals surface area contributed by atoms with Crippen LogP contribution < -0.4 is 5.32 Å². The lowest BCUT2D eigenvalue weighted by Gasteiger charge is -2.26. The molecule has 3 rings (SSSR count). The van der Waals surface area contributed by atoms with Gasteiger partial charge in [-0.05, 0) is 48.6 Å². The minimum atomic E-state index is -0.258. The second-order valence-electron chi connectivity index (χ2n) is 5.66. The monoisotopic (exact) mass is 284 g/mol. The number of benzene rings is 1. The van der Waals surface area contributed by atoms with E-state index >= 15 is 0 Å². The molecule has 1 heterocycles. The first-order valence-electron chi connectivity index (χ1n) is 7.73. The Kier molecular flexibility index (Phi) is 4.30. The Morgan fingerprint density at radius 1 is 1.24 bits per heavy atom. The number of nitrogens with one attached hydrogen (secondary N) is 1. The van der Waals surface area contributed by atoms with Crippen LogP contribution in [-0.2, 0) is 0 Å². The van der Waals surface area contributed by atoms with Crippen LogP contribution in [0.1, 0.15) is 55.0 Å². The fourth-order valence-electron chi connectivity index (χ4n) is 2.89. The van der Waals surface area contributed by atoms with Crippen LogP contribution in [0.4, 0.5) is 4.39 Å². The van der Waals surface area contributed by atoms with E-state index in [9.17, 15) is 4.39 Å². The molecule has 2 aromatic rings. The van der Waals surface area contributed by atoms with Crippen LogP contribution >= 0.6 is 0 Å². The third kappa shape index (κ3) is 2.98. The maximum absolute atomic E-state index is 14.0. The number of hydrogen-bond donors (Lipinski definition) is 1. The topological polar surface area (TPSA) is 24.9 Å². The van der Waals surface area contributed by atoms with Crippen molar-refractivity contribution in [3.63, 3.8) is 0 Å². The molecule has 0 bridgehead atoms. The van der Waals surface area contributed by atoms with Crippen molar-refractivity contribution in [2.45, 2.75) is 38.1 Å². The normalized spacial score (nSPS) is 16.5. The summed E-state index contributed by atoms with van der Waals surface area (Å²) in [7, 11) is 0. The van der Waals surface area contributed by atoms with Gasteiger partial charge < -0.3 is 5.32 Å². The summed E-state index contributed by atoms with van der Waals surface area (Å²) < 4.78 is 14.0. The zero-order chi connectivity index (χ0) is 14.7. The molecule has 110 valence electrons. The molecule has 1 unspecified atom stereocenters. The number of hydrogen-bond acceptors (Lipinski definition) is 2. The zero-order valence-electron chi connectivity index (χ0n) is 12.3. The molecule has 0 spiro atoms. The minimum absolute atomic E-state index is 0.188. The van der Waals surface area contributed by atoms with Gasteiger partial charge in [0, 0.05) is 6.20 Å². The van der Waals surface area contributed by atoms with Crippen LogP contribution in [0.5, 0.6) is 0 Å². The van der Waals surface area contributed by atoms with E-state index < -0.39 is 0 Å². The highest BCUT2D eigenvalue weighted by Crippen LogP contribution is 2.36. The Bertz CT molecular complexity index is 590. The fraction of sp³-hybridized carbons (Fsp3) is 0.389. The van der Waals surface area contributed by atoms with Gasteiger partial charge in [-0.2, -0.15) is 0 Å². The summed E-state index contributed by atoms with van der Waals surface area (Å²) in [6, 6.07) is 11.5. The molecule has 1 aliphatic rings. The fourth-order valence-corrected chi connectivity index (χ4v) is 2.89. The Balaban J connectivity index is 1.88. The van der Waals surface area contributed by atoms with Gasteiger partial charge in [0.15, 0.2) is 0 Å². The summed E-state index contributed by atoms with van der Waals surface area (Å²) in [6.45, 7) is 2.79. The van der Waals surface area contributed by atoms with Gasteiger partial charge in [-0.3, -0.25) is 4.98 Å². The van der Waals surface area contributed by atoms with E-state index in [2.05, 4.69) is 34.6 Å². The van der Waals surface area contributed by atoms with E-state index in [1.807, 2.05) is 6.92 Å². The van der Waals surface area contributed by atoms with Crippen molar-refractivity contribution >= 4 is 0 Å². The molecule has 1 aromatic carbocycles. The predicted octanol–water partition coefficient (Wildman–Crippen LogP) is 4.19. The van der Waals surface area contributed by atoms with Crippen LogP contribution in [0.3, 0.4) is 0 Å². The summed E-state index contributed by atoms with van der Waals surface area (Å²) in [6.07, 6.45) is 5.58. The summed E-state index contributed by atoms with van der Waals surface area (Å²) in [5, 5.41) is 3.33.